The SMILES string of the molecule is CNCC1(Sc2ccc3c(c2)CCCC3)CCC1. The second-order valence-corrected chi connectivity index (χ2v) is 7.35. The number of nitrogens with one attached hydrogen (secondary N) is 1. The van der Waals surface area contributed by atoms with E-state index in [4.69, 9.17) is 0 Å². The van der Waals surface area contributed by atoms with Crippen molar-refractivity contribution in [1.29, 1.82) is 0 Å². The molecule has 1 aromatic carbocycles. The third-order valence-corrected chi connectivity index (χ3v) is 5.89. The minimum Gasteiger partial charge on any atom is -0.318 e. The predicted octanol–water partition coefficient (Wildman–Crippen LogP) is 3.80. The highest BCUT2D eigenvalue weighted by molar-refractivity contribution is 8.00. The molecule has 0 unspecified atom stereocenters. The highest BCUT2D eigenvalue weighted by atomic mass is 32.2. The van der Waals surface area contributed by atoms with E-state index in [0.29, 0.717) is 4.75 Å². The molecule has 0 bridgehead atoms. The van der Waals surface area contributed by atoms with Crippen molar-refractivity contribution in [1.82, 2.24) is 5.32 Å². The van der Waals surface area contributed by atoms with Crippen molar-refractivity contribution >= 4 is 11.8 Å². The minimum atomic E-state index is 0.484. The lowest BCUT2D eigenvalue weighted by atomic mass is 9.84. The Morgan fingerprint density at radius 2 is 1.89 bits per heavy atom. The van der Waals surface area contributed by atoms with Crippen molar-refractivity contribution in [2.75, 3.05) is 13.6 Å². The van der Waals surface area contributed by atoms with Crippen molar-refractivity contribution in [2.45, 2.75) is 54.6 Å². The zero-order valence-electron chi connectivity index (χ0n) is 11.3. The zero-order chi connectivity index (χ0) is 12.4. The number of rotatable bonds is 4. The summed E-state index contributed by atoms with van der Waals surface area (Å²) in [7, 11) is 2.08. The fourth-order valence-corrected chi connectivity index (χ4v) is 4.78. The van der Waals surface area contributed by atoms with E-state index >= 15 is 0 Å². The minimum absolute atomic E-state index is 0.484. The molecule has 1 nitrogen and oxygen atoms in total. The third-order valence-electron chi connectivity index (χ3n) is 4.42. The fourth-order valence-electron chi connectivity index (χ4n) is 3.23. The van der Waals surface area contributed by atoms with Crippen LogP contribution in [0.2, 0.25) is 0 Å². The first-order valence-electron chi connectivity index (χ1n) is 7.27. The second kappa shape index (κ2) is 5.26. The molecule has 0 saturated heterocycles. The summed E-state index contributed by atoms with van der Waals surface area (Å²) >= 11 is 2.11. The van der Waals surface area contributed by atoms with Crippen LogP contribution in [0.25, 0.3) is 0 Å². The van der Waals surface area contributed by atoms with Gasteiger partial charge in [0.1, 0.15) is 0 Å². The normalized spacial score (nSPS) is 21.2. The second-order valence-electron chi connectivity index (χ2n) is 5.81. The van der Waals surface area contributed by atoms with E-state index in [2.05, 4.69) is 42.3 Å². The Hall–Kier alpha value is -0.470. The molecule has 1 N–H and O–H groups in total. The molecule has 1 aromatic rings. The lowest BCUT2D eigenvalue weighted by molar-refractivity contribution is 0.353. The van der Waals surface area contributed by atoms with Crippen LogP contribution in [0.5, 0.6) is 0 Å². The maximum atomic E-state index is 3.37. The van der Waals surface area contributed by atoms with Crippen molar-refractivity contribution in [3.63, 3.8) is 0 Å². The molecule has 0 aliphatic heterocycles. The Balaban J connectivity index is 1.76. The summed E-state index contributed by atoms with van der Waals surface area (Å²) in [5.41, 5.74) is 3.21. The Labute approximate surface area is 115 Å². The third kappa shape index (κ3) is 2.46. The van der Waals surface area contributed by atoms with Gasteiger partial charge in [-0.3, -0.25) is 0 Å². The Morgan fingerprint density at radius 3 is 2.56 bits per heavy atom. The van der Waals surface area contributed by atoms with Gasteiger partial charge in [0.05, 0.1) is 0 Å². The standard InChI is InChI=1S/C16H23NS/c1-17-12-16(9-4-10-16)18-15-8-7-13-5-2-3-6-14(13)11-15/h7-8,11,17H,2-6,9-10,12H2,1H3. The molecule has 18 heavy (non-hydrogen) atoms. The lowest BCUT2D eigenvalue weighted by Gasteiger charge is -2.41. The highest BCUT2D eigenvalue weighted by Gasteiger charge is 2.37. The van der Waals surface area contributed by atoms with Crippen molar-refractivity contribution in [3.05, 3.63) is 29.3 Å². The molecule has 0 amide bonds. The van der Waals surface area contributed by atoms with Crippen molar-refractivity contribution in [3.8, 4) is 0 Å². The van der Waals surface area contributed by atoms with Gasteiger partial charge in [0.15, 0.2) is 0 Å². The molecule has 1 saturated carbocycles. The maximum Gasteiger partial charge on any atom is 0.0331 e. The van der Waals surface area contributed by atoms with E-state index in [1.165, 1.54) is 49.8 Å². The van der Waals surface area contributed by atoms with Gasteiger partial charge in [0.25, 0.3) is 0 Å². The summed E-state index contributed by atoms with van der Waals surface area (Å²) in [6.07, 6.45) is 9.49. The van der Waals surface area contributed by atoms with Crippen LogP contribution >= 0.6 is 11.8 Å². The van der Waals surface area contributed by atoms with Crippen LogP contribution in [-0.4, -0.2) is 18.3 Å². The molecule has 0 aromatic heterocycles. The van der Waals surface area contributed by atoms with Crippen molar-refractivity contribution < 1.29 is 0 Å². The van der Waals surface area contributed by atoms with Gasteiger partial charge in [-0.15, -0.1) is 11.8 Å². The fraction of sp³-hybridized carbons (Fsp3) is 0.625. The topological polar surface area (TPSA) is 12.0 Å². The van der Waals surface area contributed by atoms with Crippen LogP contribution in [0.15, 0.2) is 23.1 Å². The van der Waals surface area contributed by atoms with Crippen LogP contribution in [0.3, 0.4) is 0 Å². The van der Waals surface area contributed by atoms with E-state index in [9.17, 15) is 0 Å². The summed E-state index contributed by atoms with van der Waals surface area (Å²) in [5.74, 6) is 0. The molecule has 0 spiro atoms. The summed E-state index contributed by atoms with van der Waals surface area (Å²) < 4.78 is 0.484. The zero-order valence-corrected chi connectivity index (χ0v) is 12.1. The van der Waals surface area contributed by atoms with Gasteiger partial charge in [0, 0.05) is 16.2 Å². The molecule has 3 rings (SSSR count). The Kier molecular flexibility index (Phi) is 3.67. The van der Waals surface area contributed by atoms with Crippen LogP contribution in [0.4, 0.5) is 0 Å². The van der Waals surface area contributed by atoms with Gasteiger partial charge in [-0.2, -0.15) is 0 Å². The number of aryl methyl sites for hydroxylation is 2. The highest BCUT2D eigenvalue weighted by Crippen LogP contribution is 2.47. The van der Waals surface area contributed by atoms with E-state index in [0.717, 1.165) is 6.54 Å². The van der Waals surface area contributed by atoms with Gasteiger partial charge < -0.3 is 5.32 Å². The molecular formula is C16H23NS. The molecule has 1 fully saturated rings. The molecule has 0 atom stereocenters. The molecular weight excluding hydrogens is 238 g/mol. The molecule has 98 valence electrons. The number of benzene rings is 1. The summed E-state index contributed by atoms with van der Waals surface area (Å²) in [5, 5.41) is 3.37. The van der Waals surface area contributed by atoms with Crippen LogP contribution in [0, 0.1) is 0 Å². The molecule has 2 aliphatic carbocycles. The van der Waals surface area contributed by atoms with E-state index in [-0.39, 0.29) is 0 Å². The van der Waals surface area contributed by atoms with E-state index < -0.39 is 0 Å². The Bertz CT molecular complexity index is 423. The monoisotopic (exact) mass is 261 g/mol. The molecule has 0 radical (unpaired) electrons. The predicted molar refractivity (Wildman–Crippen MR) is 79.4 cm³/mol. The summed E-state index contributed by atoms with van der Waals surface area (Å²) in [4.78, 5) is 1.49. The van der Waals surface area contributed by atoms with Crippen LogP contribution in [-0.2, 0) is 12.8 Å². The van der Waals surface area contributed by atoms with Gasteiger partial charge >= 0.3 is 0 Å². The van der Waals surface area contributed by atoms with Gasteiger partial charge in [-0.25, -0.2) is 0 Å². The average molecular weight is 261 g/mol. The smallest absolute Gasteiger partial charge is 0.0331 e. The van der Waals surface area contributed by atoms with Gasteiger partial charge in [0.2, 0.25) is 0 Å². The largest absolute Gasteiger partial charge is 0.318 e. The quantitative estimate of drug-likeness (QED) is 0.885. The van der Waals surface area contributed by atoms with Gasteiger partial charge in [-0.1, -0.05) is 12.5 Å². The molecule has 0 heterocycles. The molecule has 2 heteroatoms. The van der Waals surface area contributed by atoms with Crippen LogP contribution in [0.1, 0.15) is 43.2 Å². The lowest BCUT2D eigenvalue weighted by Crippen LogP contribution is -2.42. The number of thioether (sulfide) groups is 1. The maximum absolute atomic E-state index is 3.37. The Morgan fingerprint density at radius 1 is 1.11 bits per heavy atom. The first kappa shape index (κ1) is 12.6. The first-order chi connectivity index (χ1) is 8.81. The molecule has 2 aliphatic rings. The van der Waals surface area contributed by atoms with E-state index in [1.54, 1.807) is 11.1 Å². The number of fused-ring (bicyclic) bond motifs is 1. The van der Waals surface area contributed by atoms with Crippen molar-refractivity contribution in [2.24, 2.45) is 0 Å². The van der Waals surface area contributed by atoms with Gasteiger partial charge in [-0.05, 0) is 68.8 Å². The van der Waals surface area contributed by atoms with E-state index in [1.807, 2.05) is 0 Å². The number of hydrogen-bond donors (Lipinski definition) is 1. The average Bonchev–Trinajstić information content (AvgIpc) is 2.36. The van der Waals surface area contributed by atoms with Crippen LogP contribution < -0.4 is 5.32 Å². The first-order valence-corrected chi connectivity index (χ1v) is 8.08. The summed E-state index contributed by atoms with van der Waals surface area (Å²) in [6, 6.07) is 7.20. The number of hydrogen-bond acceptors (Lipinski definition) is 2. The summed E-state index contributed by atoms with van der Waals surface area (Å²) in [6.45, 7) is 1.15.